The number of aromatic amines is 1. The van der Waals surface area contributed by atoms with Crippen LogP contribution >= 0.6 is 0 Å². The van der Waals surface area contributed by atoms with Crippen LogP contribution in [0.3, 0.4) is 0 Å². The number of carbonyl (C=O) groups excluding carboxylic acids is 1. The van der Waals surface area contributed by atoms with Crippen LogP contribution in [0.1, 0.15) is 43.6 Å². The van der Waals surface area contributed by atoms with Crippen LogP contribution in [0.4, 0.5) is 10.5 Å². The topological polar surface area (TPSA) is 87.6 Å². The average molecular weight is 330 g/mol. The fourth-order valence-corrected chi connectivity index (χ4v) is 3.06. The van der Waals surface area contributed by atoms with Crippen molar-refractivity contribution in [3.05, 3.63) is 29.3 Å². The lowest BCUT2D eigenvalue weighted by atomic mass is 9.94. The van der Waals surface area contributed by atoms with E-state index in [2.05, 4.69) is 39.8 Å². The van der Waals surface area contributed by atoms with E-state index < -0.39 is 0 Å². The van der Waals surface area contributed by atoms with Crippen LogP contribution in [0.25, 0.3) is 0 Å². The van der Waals surface area contributed by atoms with Gasteiger partial charge in [0.15, 0.2) is 0 Å². The van der Waals surface area contributed by atoms with Gasteiger partial charge in [-0.3, -0.25) is 9.78 Å². The zero-order chi connectivity index (χ0) is 17.1. The van der Waals surface area contributed by atoms with Gasteiger partial charge in [-0.25, -0.2) is 4.79 Å². The molecule has 2 heterocycles. The first-order valence-corrected chi connectivity index (χ1v) is 8.64. The number of aromatic nitrogens is 4. The number of nitrogens with one attached hydrogen (secondary N) is 3. The van der Waals surface area contributed by atoms with E-state index in [0.717, 1.165) is 43.6 Å². The van der Waals surface area contributed by atoms with Crippen molar-refractivity contribution in [1.29, 1.82) is 0 Å². The third-order valence-corrected chi connectivity index (χ3v) is 4.62. The summed E-state index contributed by atoms with van der Waals surface area (Å²) in [5, 5.41) is 17.4. The lowest BCUT2D eigenvalue weighted by Gasteiger charge is -2.22. The molecule has 130 valence electrons. The molecular formula is C17H26N6O. The number of carbonyl (C=O) groups is 1. The molecule has 1 aliphatic rings. The van der Waals surface area contributed by atoms with Crippen molar-refractivity contribution in [1.82, 2.24) is 25.3 Å². The van der Waals surface area contributed by atoms with E-state index in [1.54, 1.807) is 6.20 Å². The number of aryl methyl sites for hydroxylation is 2. The Bertz CT molecular complexity index is 702. The first kappa shape index (κ1) is 16.5. The molecule has 3 N–H and O–H groups in total. The minimum absolute atomic E-state index is 0.145. The van der Waals surface area contributed by atoms with Gasteiger partial charge in [-0.15, -0.1) is 0 Å². The maximum atomic E-state index is 12.3. The third-order valence-electron chi connectivity index (χ3n) is 4.62. The normalized spacial score (nSPS) is 16.9. The predicted octanol–water partition coefficient (Wildman–Crippen LogP) is 2.64. The van der Waals surface area contributed by atoms with Gasteiger partial charge in [0.1, 0.15) is 0 Å². The number of fused-ring (bicyclic) bond motifs is 1. The van der Waals surface area contributed by atoms with Gasteiger partial charge in [0.2, 0.25) is 0 Å². The summed E-state index contributed by atoms with van der Waals surface area (Å²) < 4.78 is 1.95. The van der Waals surface area contributed by atoms with E-state index in [1.165, 1.54) is 11.3 Å². The molecule has 0 aliphatic heterocycles. The molecule has 0 aromatic carbocycles. The molecule has 7 heteroatoms. The van der Waals surface area contributed by atoms with Crippen molar-refractivity contribution in [2.75, 3.05) is 5.32 Å². The summed E-state index contributed by atoms with van der Waals surface area (Å²) in [6.07, 6.45) is 7.32. The van der Waals surface area contributed by atoms with Crippen molar-refractivity contribution in [3.8, 4) is 0 Å². The van der Waals surface area contributed by atoms with Gasteiger partial charge < -0.3 is 10.6 Å². The van der Waals surface area contributed by atoms with Crippen LogP contribution in [0.15, 0.2) is 12.4 Å². The van der Waals surface area contributed by atoms with E-state index in [-0.39, 0.29) is 12.1 Å². The minimum atomic E-state index is -0.168. The van der Waals surface area contributed by atoms with Gasteiger partial charge in [-0.05, 0) is 44.1 Å². The van der Waals surface area contributed by atoms with Gasteiger partial charge in [0.25, 0.3) is 0 Å². The highest BCUT2D eigenvalue weighted by atomic mass is 16.2. The molecule has 2 aromatic rings. The number of urea groups is 1. The Labute approximate surface area is 142 Å². The molecule has 1 atom stereocenters. The second-order valence-electron chi connectivity index (χ2n) is 6.96. The van der Waals surface area contributed by atoms with Gasteiger partial charge in [-0.2, -0.15) is 10.2 Å². The average Bonchev–Trinajstić information content (AvgIpc) is 3.12. The standard InChI is InChI=1S/C17H26N6O/c1-11(2)6-7-23-12(3)16(10-19-23)21-17(24)20-14-4-5-15-13(8-14)9-18-22-15/h9-11,14H,4-8H2,1-3H3,(H,18,22)(H2,20,21,24). The summed E-state index contributed by atoms with van der Waals surface area (Å²) in [7, 11) is 0. The minimum Gasteiger partial charge on any atom is -0.335 e. The van der Waals surface area contributed by atoms with Crippen molar-refractivity contribution < 1.29 is 4.79 Å². The molecular weight excluding hydrogens is 304 g/mol. The molecule has 0 saturated heterocycles. The number of hydrogen-bond donors (Lipinski definition) is 3. The number of nitrogens with zero attached hydrogens (tertiary/aromatic N) is 3. The second-order valence-corrected chi connectivity index (χ2v) is 6.96. The maximum absolute atomic E-state index is 12.3. The van der Waals surface area contributed by atoms with Crippen molar-refractivity contribution in [3.63, 3.8) is 0 Å². The largest absolute Gasteiger partial charge is 0.335 e. The number of H-pyrrole nitrogens is 1. The van der Waals surface area contributed by atoms with E-state index in [0.29, 0.717) is 5.92 Å². The Morgan fingerprint density at radius 2 is 2.29 bits per heavy atom. The molecule has 0 radical (unpaired) electrons. The number of hydrogen-bond acceptors (Lipinski definition) is 3. The molecule has 0 spiro atoms. The monoisotopic (exact) mass is 330 g/mol. The van der Waals surface area contributed by atoms with E-state index in [9.17, 15) is 4.79 Å². The van der Waals surface area contributed by atoms with Crippen LogP contribution in [-0.2, 0) is 19.4 Å². The molecule has 7 nitrogen and oxygen atoms in total. The number of amides is 2. The molecule has 1 unspecified atom stereocenters. The summed E-state index contributed by atoms with van der Waals surface area (Å²) in [5.41, 5.74) is 4.16. The Morgan fingerprint density at radius 1 is 1.46 bits per heavy atom. The van der Waals surface area contributed by atoms with Crippen LogP contribution < -0.4 is 10.6 Å². The Balaban J connectivity index is 1.54. The highest BCUT2D eigenvalue weighted by molar-refractivity contribution is 5.89. The summed E-state index contributed by atoms with van der Waals surface area (Å²) >= 11 is 0. The van der Waals surface area contributed by atoms with Crippen LogP contribution in [0, 0.1) is 12.8 Å². The predicted molar refractivity (Wildman–Crippen MR) is 93.0 cm³/mol. The molecule has 1 aliphatic carbocycles. The van der Waals surface area contributed by atoms with Gasteiger partial charge >= 0.3 is 6.03 Å². The number of anilines is 1. The Kier molecular flexibility index (Phi) is 4.87. The molecule has 0 fully saturated rings. The molecule has 0 bridgehead atoms. The van der Waals surface area contributed by atoms with Crippen molar-refractivity contribution in [2.24, 2.45) is 5.92 Å². The summed E-state index contributed by atoms with van der Waals surface area (Å²) in [4.78, 5) is 12.3. The lowest BCUT2D eigenvalue weighted by Crippen LogP contribution is -2.41. The Hall–Kier alpha value is -2.31. The maximum Gasteiger partial charge on any atom is 0.319 e. The first-order chi connectivity index (χ1) is 11.5. The molecule has 2 amide bonds. The third kappa shape index (κ3) is 3.77. The van der Waals surface area contributed by atoms with Gasteiger partial charge in [0, 0.05) is 18.3 Å². The van der Waals surface area contributed by atoms with Crippen LogP contribution in [0.2, 0.25) is 0 Å². The lowest BCUT2D eigenvalue weighted by molar-refractivity contribution is 0.247. The molecule has 3 rings (SSSR count). The smallest absolute Gasteiger partial charge is 0.319 e. The van der Waals surface area contributed by atoms with Crippen LogP contribution in [0.5, 0.6) is 0 Å². The summed E-state index contributed by atoms with van der Waals surface area (Å²) in [6, 6.07) is -0.0233. The second kappa shape index (κ2) is 7.07. The Morgan fingerprint density at radius 3 is 3.08 bits per heavy atom. The quantitative estimate of drug-likeness (QED) is 0.787. The molecule has 0 saturated carbocycles. The van der Waals surface area contributed by atoms with Gasteiger partial charge in [-0.1, -0.05) is 13.8 Å². The van der Waals surface area contributed by atoms with E-state index in [1.807, 2.05) is 17.8 Å². The SMILES string of the molecule is Cc1c(NC(=O)NC2CCc3[nH]ncc3C2)cnn1CCC(C)C. The zero-order valence-corrected chi connectivity index (χ0v) is 14.6. The van der Waals surface area contributed by atoms with Crippen molar-refractivity contribution in [2.45, 2.75) is 59.0 Å². The highest BCUT2D eigenvalue weighted by Crippen LogP contribution is 2.19. The summed E-state index contributed by atoms with van der Waals surface area (Å²) in [6.45, 7) is 7.25. The fraction of sp³-hybridized carbons (Fsp3) is 0.588. The van der Waals surface area contributed by atoms with E-state index >= 15 is 0 Å². The number of rotatable bonds is 5. The van der Waals surface area contributed by atoms with E-state index in [4.69, 9.17) is 0 Å². The molecule has 2 aromatic heterocycles. The zero-order valence-electron chi connectivity index (χ0n) is 14.6. The summed E-state index contributed by atoms with van der Waals surface area (Å²) in [5.74, 6) is 0.632. The van der Waals surface area contributed by atoms with Crippen molar-refractivity contribution >= 4 is 11.7 Å². The fourth-order valence-electron chi connectivity index (χ4n) is 3.06. The van der Waals surface area contributed by atoms with Crippen LogP contribution in [-0.4, -0.2) is 32.1 Å². The van der Waals surface area contributed by atoms with Gasteiger partial charge in [0.05, 0.1) is 23.8 Å². The highest BCUT2D eigenvalue weighted by Gasteiger charge is 2.22. The first-order valence-electron chi connectivity index (χ1n) is 8.64. The molecule has 24 heavy (non-hydrogen) atoms.